The van der Waals surface area contributed by atoms with Gasteiger partial charge in [-0.1, -0.05) is 0 Å². The smallest absolute Gasteiger partial charge is 0.345 e. The van der Waals surface area contributed by atoms with E-state index >= 15 is 0 Å². The van der Waals surface area contributed by atoms with E-state index in [0.717, 1.165) is 0 Å². The van der Waals surface area contributed by atoms with E-state index in [-0.39, 0.29) is 11.9 Å². The van der Waals surface area contributed by atoms with E-state index in [1.165, 1.54) is 0 Å². The first kappa shape index (κ1) is 18.2. The van der Waals surface area contributed by atoms with Crippen LogP contribution in [0.3, 0.4) is 0 Å². The summed E-state index contributed by atoms with van der Waals surface area (Å²) in [6.07, 6.45) is -4.46. The monoisotopic (exact) mass is 324 g/mol. The molecule has 0 bridgehead atoms. The minimum Gasteiger partial charge on any atom is -0.345 e. The Morgan fingerprint density at radius 2 is 1.36 bits per heavy atom. The maximum Gasteiger partial charge on any atom is 0.405 e. The summed E-state index contributed by atoms with van der Waals surface area (Å²) in [6.45, 7) is 5.17. The van der Waals surface area contributed by atoms with Gasteiger partial charge in [0, 0.05) is 0 Å². The van der Waals surface area contributed by atoms with Crippen LogP contribution in [0.25, 0.3) is 0 Å². The Morgan fingerprint density at radius 1 is 0.955 bits per heavy atom. The molecule has 1 aromatic rings. The first-order valence-electron chi connectivity index (χ1n) is 6.54. The summed E-state index contributed by atoms with van der Waals surface area (Å²) in [5.74, 6) is -0.953. The van der Waals surface area contributed by atoms with Gasteiger partial charge in [0.05, 0.1) is 12.1 Å². The van der Waals surface area contributed by atoms with Gasteiger partial charge < -0.3 is 5.32 Å². The van der Waals surface area contributed by atoms with Gasteiger partial charge >= 0.3 is 6.18 Å². The van der Waals surface area contributed by atoms with E-state index in [1.54, 1.807) is 27.7 Å². The van der Waals surface area contributed by atoms with Gasteiger partial charge in [0.1, 0.15) is 6.54 Å². The second-order valence-electron chi connectivity index (χ2n) is 5.10. The predicted molar refractivity (Wildman–Crippen MR) is 73.2 cm³/mol. The van der Waals surface area contributed by atoms with Crippen LogP contribution in [-0.4, -0.2) is 50.2 Å². The SMILES string of the molecule is CC(C)N(O)c1nc(NCC(F)(F)F)nc(N(O)C(C)C)n1. The Kier molecular flexibility index (Phi) is 5.72. The van der Waals surface area contributed by atoms with E-state index < -0.39 is 30.8 Å². The third kappa shape index (κ3) is 5.15. The molecule has 0 aliphatic carbocycles. The molecule has 126 valence electrons. The van der Waals surface area contributed by atoms with Crippen molar-refractivity contribution in [1.29, 1.82) is 0 Å². The molecule has 11 heteroatoms. The molecule has 0 aliphatic rings. The van der Waals surface area contributed by atoms with Crippen LogP contribution in [0.5, 0.6) is 0 Å². The molecule has 0 aliphatic heterocycles. The van der Waals surface area contributed by atoms with Crippen molar-refractivity contribution in [2.75, 3.05) is 22.0 Å². The molecule has 8 nitrogen and oxygen atoms in total. The highest BCUT2D eigenvalue weighted by Crippen LogP contribution is 2.19. The summed E-state index contributed by atoms with van der Waals surface area (Å²) in [6, 6.07) is -0.839. The summed E-state index contributed by atoms with van der Waals surface area (Å²) in [5.41, 5.74) is 0. The van der Waals surface area contributed by atoms with Crippen molar-refractivity contribution in [3.05, 3.63) is 0 Å². The zero-order valence-corrected chi connectivity index (χ0v) is 12.6. The summed E-state index contributed by atoms with van der Waals surface area (Å²) in [5, 5.41) is 23.0. The van der Waals surface area contributed by atoms with E-state index in [9.17, 15) is 23.6 Å². The first-order chi connectivity index (χ1) is 10.0. The summed E-state index contributed by atoms with van der Waals surface area (Å²) in [4.78, 5) is 11.2. The van der Waals surface area contributed by atoms with Crippen LogP contribution in [0.4, 0.5) is 31.0 Å². The van der Waals surface area contributed by atoms with Crippen molar-refractivity contribution in [3.63, 3.8) is 0 Å². The van der Waals surface area contributed by atoms with Crippen molar-refractivity contribution in [2.24, 2.45) is 0 Å². The van der Waals surface area contributed by atoms with Crippen LogP contribution in [0.1, 0.15) is 27.7 Å². The third-order valence-corrected chi connectivity index (χ3v) is 2.45. The molecule has 1 rings (SSSR count). The van der Waals surface area contributed by atoms with E-state index in [4.69, 9.17) is 0 Å². The molecule has 0 saturated heterocycles. The summed E-state index contributed by atoms with van der Waals surface area (Å²) >= 11 is 0. The fourth-order valence-corrected chi connectivity index (χ4v) is 1.28. The lowest BCUT2D eigenvalue weighted by atomic mass is 10.4. The maximum atomic E-state index is 12.3. The van der Waals surface area contributed by atoms with Gasteiger partial charge in [-0.15, -0.1) is 0 Å². The van der Waals surface area contributed by atoms with Gasteiger partial charge in [-0.25, -0.2) is 10.1 Å². The van der Waals surface area contributed by atoms with Crippen LogP contribution >= 0.6 is 0 Å². The number of nitrogens with one attached hydrogen (secondary N) is 1. The molecule has 22 heavy (non-hydrogen) atoms. The second kappa shape index (κ2) is 6.92. The quantitative estimate of drug-likeness (QED) is 0.684. The zero-order chi connectivity index (χ0) is 17.1. The number of hydroxylamine groups is 2. The summed E-state index contributed by atoms with van der Waals surface area (Å²) < 4.78 is 36.8. The lowest BCUT2D eigenvalue weighted by Crippen LogP contribution is -2.33. The van der Waals surface area contributed by atoms with E-state index in [1.807, 2.05) is 5.32 Å². The number of rotatable bonds is 6. The Hall–Kier alpha value is -1.88. The molecular weight excluding hydrogens is 305 g/mol. The predicted octanol–water partition coefficient (Wildman–Crippen LogP) is 2.05. The Bertz CT molecular complexity index is 465. The molecule has 0 radical (unpaired) electrons. The first-order valence-corrected chi connectivity index (χ1v) is 6.54. The number of hydrogen-bond acceptors (Lipinski definition) is 8. The third-order valence-electron chi connectivity index (χ3n) is 2.45. The highest BCUT2D eigenvalue weighted by molar-refractivity contribution is 5.43. The van der Waals surface area contributed by atoms with Gasteiger partial charge in [0.2, 0.25) is 5.95 Å². The molecule has 1 heterocycles. The van der Waals surface area contributed by atoms with E-state index in [2.05, 4.69) is 15.0 Å². The standard InChI is InChI=1S/C11H19F3N6O2/c1-6(2)19(21)9-16-8(15-5-11(12,13)14)17-10(18-9)20(22)7(3)4/h6-7,21-22H,5H2,1-4H3,(H,15,16,17,18). The lowest BCUT2D eigenvalue weighted by Gasteiger charge is -2.23. The Morgan fingerprint density at radius 3 is 1.68 bits per heavy atom. The number of alkyl halides is 3. The van der Waals surface area contributed by atoms with Crippen LogP contribution in [0.2, 0.25) is 0 Å². The molecule has 0 saturated carbocycles. The molecule has 0 aromatic carbocycles. The van der Waals surface area contributed by atoms with Gasteiger partial charge in [-0.3, -0.25) is 10.4 Å². The van der Waals surface area contributed by atoms with Crippen LogP contribution in [-0.2, 0) is 0 Å². The number of halogens is 3. The normalized spacial score (nSPS) is 12.0. The summed E-state index contributed by atoms with van der Waals surface area (Å²) in [7, 11) is 0. The average molecular weight is 324 g/mol. The highest BCUT2D eigenvalue weighted by atomic mass is 19.4. The fraction of sp³-hybridized carbons (Fsp3) is 0.727. The highest BCUT2D eigenvalue weighted by Gasteiger charge is 2.28. The van der Waals surface area contributed by atoms with Crippen LogP contribution in [0, 0.1) is 0 Å². The molecule has 3 N–H and O–H groups in total. The zero-order valence-electron chi connectivity index (χ0n) is 12.6. The molecule has 0 atom stereocenters. The topological polar surface area (TPSA) is 97.6 Å². The molecule has 1 aromatic heterocycles. The van der Waals surface area contributed by atoms with Crippen LogP contribution in [0.15, 0.2) is 0 Å². The molecule has 0 spiro atoms. The molecular formula is C11H19F3N6O2. The molecule has 0 fully saturated rings. The Labute approximate surface area is 125 Å². The second-order valence-corrected chi connectivity index (χ2v) is 5.10. The minimum atomic E-state index is -4.46. The van der Waals surface area contributed by atoms with Crippen molar-refractivity contribution in [3.8, 4) is 0 Å². The number of nitrogens with zero attached hydrogens (tertiary/aromatic N) is 5. The van der Waals surface area contributed by atoms with Crippen molar-refractivity contribution in [2.45, 2.75) is 46.0 Å². The minimum absolute atomic E-state index is 0.274. The largest absolute Gasteiger partial charge is 0.405 e. The lowest BCUT2D eigenvalue weighted by molar-refractivity contribution is -0.115. The van der Waals surface area contributed by atoms with Gasteiger partial charge in [-0.05, 0) is 27.7 Å². The van der Waals surface area contributed by atoms with E-state index in [0.29, 0.717) is 10.1 Å². The van der Waals surface area contributed by atoms with Crippen LogP contribution < -0.4 is 15.4 Å². The van der Waals surface area contributed by atoms with Crippen molar-refractivity contribution in [1.82, 2.24) is 15.0 Å². The van der Waals surface area contributed by atoms with Gasteiger partial charge in [0.15, 0.2) is 0 Å². The Balaban J connectivity index is 3.14. The van der Waals surface area contributed by atoms with Crippen molar-refractivity contribution >= 4 is 17.8 Å². The molecule has 0 amide bonds. The fourth-order valence-electron chi connectivity index (χ4n) is 1.28. The van der Waals surface area contributed by atoms with Gasteiger partial charge in [0.25, 0.3) is 11.9 Å². The molecule has 0 unspecified atom stereocenters. The number of aromatic nitrogens is 3. The van der Waals surface area contributed by atoms with Gasteiger partial charge in [-0.2, -0.15) is 28.1 Å². The number of anilines is 3. The average Bonchev–Trinajstić information content (AvgIpc) is 2.42. The maximum absolute atomic E-state index is 12.3. The number of hydrogen-bond donors (Lipinski definition) is 3. The van der Waals surface area contributed by atoms with Crippen molar-refractivity contribution < 1.29 is 23.6 Å².